The first-order chi connectivity index (χ1) is 5.99. The van der Waals surface area contributed by atoms with Crippen molar-refractivity contribution in [1.29, 1.82) is 0 Å². The van der Waals surface area contributed by atoms with E-state index in [4.69, 9.17) is 0 Å². The van der Waals surface area contributed by atoms with Gasteiger partial charge in [0.2, 0.25) is 0 Å². The minimum atomic E-state index is -0.685. The van der Waals surface area contributed by atoms with Crippen molar-refractivity contribution in [2.75, 3.05) is 0 Å². The first kappa shape index (κ1) is 10.3. The molecule has 0 aliphatic rings. The molecule has 13 heavy (non-hydrogen) atoms. The van der Waals surface area contributed by atoms with Crippen LogP contribution in [0.2, 0.25) is 0 Å². The molecule has 0 amide bonds. The van der Waals surface area contributed by atoms with E-state index in [1.54, 1.807) is 0 Å². The Balaban J connectivity index is 3.28. The van der Waals surface area contributed by atoms with Crippen LogP contribution in [0.4, 0.5) is 0 Å². The van der Waals surface area contributed by atoms with Crippen LogP contribution in [0.15, 0.2) is 18.2 Å². The predicted molar refractivity (Wildman–Crippen MR) is 55.8 cm³/mol. The van der Waals surface area contributed by atoms with Crippen LogP contribution < -0.4 is 0 Å². The van der Waals surface area contributed by atoms with Crippen LogP contribution in [-0.2, 0) is 5.60 Å². The normalized spacial score (nSPS) is 15.5. The van der Waals surface area contributed by atoms with E-state index in [1.807, 2.05) is 45.9 Å². The van der Waals surface area contributed by atoms with E-state index in [1.165, 1.54) is 11.1 Å². The van der Waals surface area contributed by atoms with Crippen LogP contribution in [0, 0.1) is 13.8 Å². The molecule has 0 heterocycles. The summed E-state index contributed by atoms with van der Waals surface area (Å²) < 4.78 is 0. The quantitative estimate of drug-likeness (QED) is 0.738. The minimum Gasteiger partial charge on any atom is -0.385 e. The maximum absolute atomic E-state index is 10.2. The fourth-order valence-corrected chi connectivity index (χ4v) is 1.84. The Kier molecular flexibility index (Phi) is 2.77. The van der Waals surface area contributed by atoms with E-state index in [0.717, 1.165) is 12.0 Å². The summed E-state index contributed by atoms with van der Waals surface area (Å²) in [6.07, 6.45) is 0.749. The van der Waals surface area contributed by atoms with Crippen LogP contribution in [0.5, 0.6) is 0 Å². The van der Waals surface area contributed by atoms with E-state index in [2.05, 4.69) is 0 Å². The fourth-order valence-electron chi connectivity index (χ4n) is 1.84. The van der Waals surface area contributed by atoms with Gasteiger partial charge >= 0.3 is 0 Å². The number of hydrogen-bond acceptors (Lipinski definition) is 1. The van der Waals surface area contributed by atoms with Gasteiger partial charge in [-0.3, -0.25) is 0 Å². The lowest BCUT2D eigenvalue weighted by Gasteiger charge is -2.26. The Morgan fingerprint density at radius 1 is 1.23 bits per heavy atom. The average Bonchev–Trinajstić information content (AvgIpc) is 2.03. The summed E-state index contributed by atoms with van der Waals surface area (Å²) >= 11 is 0. The van der Waals surface area contributed by atoms with Crippen molar-refractivity contribution in [1.82, 2.24) is 0 Å². The predicted octanol–water partition coefficient (Wildman–Crippen LogP) is 2.92. The Hall–Kier alpha value is -0.820. The van der Waals surface area contributed by atoms with E-state index < -0.39 is 5.60 Å². The maximum Gasteiger partial charge on any atom is 0.0871 e. The largest absolute Gasteiger partial charge is 0.385 e. The van der Waals surface area contributed by atoms with Crippen molar-refractivity contribution in [2.24, 2.45) is 0 Å². The molecule has 1 heteroatoms. The third kappa shape index (κ3) is 1.92. The van der Waals surface area contributed by atoms with Crippen LogP contribution in [0.1, 0.15) is 37.0 Å². The SMILES string of the molecule is CCC(C)(O)c1c(C)cccc1C. The van der Waals surface area contributed by atoms with Crippen molar-refractivity contribution in [3.8, 4) is 0 Å². The molecule has 0 aliphatic carbocycles. The summed E-state index contributed by atoms with van der Waals surface area (Å²) in [4.78, 5) is 0. The second kappa shape index (κ2) is 3.51. The Labute approximate surface area is 80.4 Å². The highest BCUT2D eigenvalue weighted by molar-refractivity contribution is 5.37. The molecule has 72 valence electrons. The molecule has 1 N–H and O–H groups in total. The molecule has 0 aromatic heterocycles. The zero-order valence-corrected chi connectivity index (χ0v) is 8.89. The lowest BCUT2D eigenvalue weighted by atomic mass is 9.86. The summed E-state index contributed by atoms with van der Waals surface area (Å²) in [6, 6.07) is 6.12. The second-order valence-corrected chi connectivity index (χ2v) is 3.89. The molecular weight excluding hydrogens is 160 g/mol. The molecule has 1 atom stereocenters. The van der Waals surface area contributed by atoms with Crippen molar-refractivity contribution >= 4 is 0 Å². The summed E-state index contributed by atoms with van der Waals surface area (Å²) in [5.41, 5.74) is 2.74. The molecule has 0 saturated heterocycles. The van der Waals surface area contributed by atoms with E-state index in [0.29, 0.717) is 0 Å². The van der Waals surface area contributed by atoms with Gasteiger partial charge < -0.3 is 5.11 Å². The number of benzene rings is 1. The van der Waals surface area contributed by atoms with Gasteiger partial charge in [0.25, 0.3) is 0 Å². The number of aryl methyl sites for hydroxylation is 2. The van der Waals surface area contributed by atoms with Crippen molar-refractivity contribution < 1.29 is 5.11 Å². The number of rotatable bonds is 2. The molecule has 0 spiro atoms. The maximum atomic E-state index is 10.2. The molecule has 0 saturated carbocycles. The number of aliphatic hydroxyl groups is 1. The van der Waals surface area contributed by atoms with Gasteiger partial charge in [0.15, 0.2) is 0 Å². The first-order valence-corrected chi connectivity index (χ1v) is 4.78. The van der Waals surface area contributed by atoms with Gasteiger partial charge in [0, 0.05) is 0 Å². The highest BCUT2D eigenvalue weighted by atomic mass is 16.3. The van der Waals surface area contributed by atoms with Crippen LogP contribution in [0.25, 0.3) is 0 Å². The van der Waals surface area contributed by atoms with Gasteiger partial charge in [-0.25, -0.2) is 0 Å². The Morgan fingerprint density at radius 3 is 2.08 bits per heavy atom. The zero-order valence-electron chi connectivity index (χ0n) is 8.89. The summed E-state index contributed by atoms with van der Waals surface area (Å²) in [5, 5.41) is 10.2. The third-order valence-corrected chi connectivity index (χ3v) is 2.71. The monoisotopic (exact) mass is 178 g/mol. The molecule has 1 aromatic rings. The fraction of sp³-hybridized carbons (Fsp3) is 0.500. The summed E-state index contributed by atoms with van der Waals surface area (Å²) in [6.45, 7) is 7.98. The van der Waals surface area contributed by atoms with Crippen LogP contribution in [-0.4, -0.2) is 5.11 Å². The Bertz CT molecular complexity index is 280. The lowest BCUT2D eigenvalue weighted by molar-refractivity contribution is 0.0518. The van der Waals surface area contributed by atoms with Gasteiger partial charge in [-0.2, -0.15) is 0 Å². The van der Waals surface area contributed by atoms with Crippen LogP contribution >= 0.6 is 0 Å². The van der Waals surface area contributed by atoms with Crippen molar-refractivity contribution in [3.63, 3.8) is 0 Å². The van der Waals surface area contributed by atoms with Crippen molar-refractivity contribution in [3.05, 3.63) is 34.9 Å². The lowest BCUT2D eigenvalue weighted by Crippen LogP contribution is -2.22. The molecule has 0 radical (unpaired) electrons. The summed E-state index contributed by atoms with van der Waals surface area (Å²) in [7, 11) is 0. The molecule has 0 fully saturated rings. The number of hydrogen-bond donors (Lipinski definition) is 1. The molecular formula is C12H18O. The average molecular weight is 178 g/mol. The third-order valence-electron chi connectivity index (χ3n) is 2.71. The molecule has 0 aliphatic heterocycles. The van der Waals surface area contributed by atoms with E-state index in [9.17, 15) is 5.11 Å². The highest BCUT2D eigenvalue weighted by Gasteiger charge is 2.23. The molecule has 1 aromatic carbocycles. The minimum absolute atomic E-state index is 0.685. The molecule has 1 unspecified atom stereocenters. The molecule has 1 nitrogen and oxygen atoms in total. The van der Waals surface area contributed by atoms with Gasteiger partial charge in [-0.05, 0) is 43.9 Å². The van der Waals surface area contributed by atoms with E-state index in [-0.39, 0.29) is 0 Å². The van der Waals surface area contributed by atoms with Gasteiger partial charge in [-0.15, -0.1) is 0 Å². The summed E-state index contributed by atoms with van der Waals surface area (Å²) in [5.74, 6) is 0. The topological polar surface area (TPSA) is 20.2 Å². The van der Waals surface area contributed by atoms with Gasteiger partial charge in [0.1, 0.15) is 0 Å². The first-order valence-electron chi connectivity index (χ1n) is 4.78. The smallest absolute Gasteiger partial charge is 0.0871 e. The molecule has 0 bridgehead atoms. The second-order valence-electron chi connectivity index (χ2n) is 3.89. The standard InChI is InChI=1S/C12H18O/c1-5-12(4,13)11-9(2)7-6-8-10(11)3/h6-8,13H,5H2,1-4H3. The van der Waals surface area contributed by atoms with Crippen molar-refractivity contribution in [2.45, 2.75) is 39.7 Å². The van der Waals surface area contributed by atoms with Gasteiger partial charge in [0.05, 0.1) is 5.60 Å². The van der Waals surface area contributed by atoms with E-state index >= 15 is 0 Å². The zero-order chi connectivity index (χ0) is 10.1. The van der Waals surface area contributed by atoms with Gasteiger partial charge in [-0.1, -0.05) is 25.1 Å². The highest BCUT2D eigenvalue weighted by Crippen LogP contribution is 2.29. The van der Waals surface area contributed by atoms with Crippen LogP contribution in [0.3, 0.4) is 0 Å². The Morgan fingerprint density at radius 2 is 1.69 bits per heavy atom. The molecule has 1 rings (SSSR count).